The van der Waals surface area contributed by atoms with Gasteiger partial charge in [-0.25, -0.2) is 0 Å². The van der Waals surface area contributed by atoms with E-state index in [-0.39, 0.29) is 0 Å². The van der Waals surface area contributed by atoms with Crippen molar-refractivity contribution in [3.8, 4) is 22.3 Å². The van der Waals surface area contributed by atoms with Crippen LogP contribution < -0.4 is 0 Å². The Balaban J connectivity index is 1.60. The zero-order valence-electron chi connectivity index (χ0n) is 25.4. The molecule has 0 radical (unpaired) electrons. The number of allylic oxidation sites excluding steroid dienone is 3. The minimum absolute atomic E-state index is 0.335. The van der Waals surface area contributed by atoms with Gasteiger partial charge in [-0.05, 0) is 134 Å². The first-order chi connectivity index (χ1) is 21.6. The molecule has 0 heterocycles. The molecule has 7 rings (SSSR count). The summed E-state index contributed by atoms with van der Waals surface area (Å²) in [5.41, 5.74) is 6.48. The van der Waals surface area contributed by atoms with Gasteiger partial charge in [0.2, 0.25) is 0 Å². The molecule has 6 aromatic rings. The fourth-order valence-corrected chi connectivity index (χ4v) is 8.27. The Morgan fingerprint density at radius 3 is 1.70 bits per heavy atom. The lowest BCUT2D eigenvalue weighted by molar-refractivity contribution is 0.861. The number of fused-ring (bicyclic) bond motifs is 6. The summed E-state index contributed by atoms with van der Waals surface area (Å²) in [6.07, 6.45) is 16.8. The van der Waals surface area contributed by atoms with Gasteiger partial charge < -0.3 is 0 Å². The zero-order valence-corrected chi connectivity index (χ0v) is 28.7. The van der Waals surface area contributed by atoms with Crippen LogP contribution in [-0.2, 0) is 0 Å². The first-order valence-electron chi connectivity index (χ1n) is 14.8. The standard InChI is InChI=1S/C40H34S4/c1-41-29-12-5-25(6-13-29)28-11-19-35-36-20-18-32(44-4)24-38(36)40-34(27-9-16-31(43-3)17-10-27)22-21-33(39(40)37(35)23-28)26-7-14-30(42-2)15-8-26/h5-9,11-24,27H,10H2,1-4H3. The maximum Gasteiger partial charge on any atom is 0.00757 e. The lowest BCUT2D eigenvalue weighted by atomic mass is 9.81. The fourth-order valence-electron chi connectivity index (χ4n) is 6.53. The molecule has 44 heavy (non-hydrogen) atoms. The predicted octanol–water partition coefficient (Wildman–Crippen LogP) is 12.9. The first-order valence-corrected chi connectivity index (χ1v) is 19.7. The highest BCUT2D eigenvalue weighted by Crippen LogP contribution is 2.46. The van der Waals surface area contributed by atoms with E-state index in [0.717, 1.165) is 6.42 Å². The molecule has 218 valence electrons. The fraction of sp³-hybridized carbons (Fsp3) is 0.150. The van der Waals surface area contributed by atoms with Crippen LogP contribution >= 0.6 is 47.0 Å². The summed E-state index contributed by atoms with van der Waals surface area (Å²) < 4.78 is 0. The van der Waals surface area contributed by atoms with Gasteiger partial charge in [0.25, 0.3) is 0 Å². The minimum Gasteiger partial charge on any atom is -0.130 e. The van der Waals surface area contributed by atoms with Crippen LogP contribution in [0.15, 0.2) is 135 Å². The van der Waals surface area contributed by atoms with Crippen LogP contribution in [-0.4, -0.2) is 25.0 Å². The van der Waals surface area contributed by atoms with Crippen LogP contribution in [0.2, 0.25) is 0 Å². The van der Waals surface area contributed by atoms with Crippen LogP contribution in [0, 0.1) is 0 Å². The Hall–Kier alpha value is -3.02. The monoisotopic (exact) mass is 642 g/mol. The third-order valence-corrected chi connectivity index (χ3v) is 11.8. The second kappa shape index (κ2) is 12.8. The smallest absolute Gasteiger partial charge is 0.00757 e. The molecular formula is C40H34S4. The largest absolute Gasteiger partial charge is 0.130 e. The molecule has 1 atom stereocenters. The summed E-state index contributed by atoms with van der Waals surface area (Å²) in [5, 5.41) is 8.05. The van der Waals surface area contributed by atoms with E-state index in [0.29, 0.717) is 5.92 Å². The average molecular weight is 643 g/mol. The quantitative estimate of drug-likeness (QED) is 0.125. The van der Waals surface area contributed by atoms with E-state index >= 15 is 0 Å². The second-order valence-corrected chi connectivity index (χ2v) is 14.6. The average Bonchev–Trinajstić information content (AvgIpc) is 3.10. The van der Waals surface area contributed by atoms with Gasteiger partial charge in [0, 0.05) is 25.5 Å². The molecule has 0 aliphatic heterocycles. The number of rotatable bonds is 7. The van der Waals surface area contributed by atoms with Crippen LogP contribution in [0.1, 0.15) is 17.9 Å². The molecule has 0 bridgehead atoms. The molecule has 0 nitrogen and oxygen atoms in total. The van der Waals surface area contributed by atoms with Gasteiger partial charge in [0.1, 0.15) is 0 Å². The van der Waals surface area contributed by atoms with Gasteiger partial charge >= 0.3 is 0 Å². The molecule has 4 heteroatoms. The summed E-state index contributed by atoms with van der Waals surface area (Å²) in [7, 11) is 0. The molecule has 1 aliphatic rings. The summed E-state index contributed by atoms with van der Waals surface area (Å²) in [6, 6.07) is 37.1. The Morgan fingerprint density at radius 1 is 0.500 bits per heavy atom. The Morgan fingerprint density at radius 2 is 1.09 bits per heavy atom. The lowest BCUT2D eigenvalue weighted by Gasteiger charge is -2.23. The van der Waals surface area contributed by atoms with E-state index in [9.17, 15) is 0 Å². The van der Waals surface area contributed by atoms with Crippen molar-refractivity contribution >= 4 is 79.4 Å². The number of benzene rings is 6. The molecule has 6 aromatic carbocycles. The maximum atomic E-state index is 2.44. The third-order valence-electron chi connectivity index (χ3n) is 8.84. The molecule has 1 aliphatic carbocycles. The molecule has 0 N–H and O–H groups in total. The van der Waals surface area contributed by atoms with E-state index in [1.54, 1.807) is 23.5 Å². The molecule has 0 saturated heterocycles. The Labute approximate surface area is 277 Å². The summed E-state index contributed by atoms with van der Waals surface area (Å²) >= 11 is 7.23. The molecule has 0 aromatic heterocycles. The first kappa shape index (κ1) is 29.7. The highest BCUT2D eigenvalue weighted by Gasteiger charge is 2.21. The molecular weight excluding hydrogens is 609 g/mol. The van der Waals surface area contributed by atoms with Crippen molar-refractivity contribution in [2.45, 2.75) is 27.0 Å². The number of hydrogen-bond donors (Lipinski definition) is 0. The van der Waals surface area contributed by atoms with Crippen molar-refractivity contribution in [2.75, 3.05) is 25.0 Å². The van der Waals surface area contributed by atoms with Crippen molar-refractivity contribution < 1.29 is 0 Å². The predicted molar refractivity (Wildman–Crippen MR) is 203 cm³/mol. The molecule has 0 spiro atoms. The van der Waals surface area contributed by atoms with Crippen molar-refractivity contribution in [1.82, 2.24) is 0 Å². The molecule has 0 fully saturated rings. The van der Waals surface area contributed by atoms with Gasteiger partial charge in [0.15, 0.2) is 0 Å². The maximum absolute atomic E-state index is 2.44. The summed E-state index contributed by atoms with van der Waals surface area (Å²) in [4.78, 5) is 5.23. The minimum atomic E-state index is 0.335. The van der Waals surface area contributed by atoms with Gasteiger partial charge in [-0.3, -0.25) is 0 Å². The van der Waals surface area contributed by atoms with Crippen LogP contribution in [0.5, 0.6) is 0 Å². The van der Waals surface area contributed by atoms with Crippen LogP contribution in [0.3, 0.4) is 0 Å². The SMILES string of the molecule is CSC1=CCC(c2ccc(-c3ccc(SC)cc3)c3c4cc(-c5ccc(SC)cc5)ccc4c4ccc(SC)cc4c23)C=C1. The summed E-state index contributed by atoms with van der Waals surface area (Å²) in [6.45, 7) is 0. The van der Waals surface area contributed by atoms with Crippen molar-refractivity contribution in [3.63, 3.8) is 0 Å². The van der Waals surface area contributed by atoms with Gasteiger partial charge in [-0.2, -0.15) is 0 Å². The van der Waals surface area contributed by atoms with E-state index in [2.05, 4.69) is 140 Å². The number of hydrogen-bond acceptors (Lipinski definition) is 4. The third kappa shape index (κ3) is 5.41. The van der Waals surface area contributed by atoms with Crippen LogP contribution in [0.4, 0.5) is 0 Å². The van der Waals surface area contributed by atoms with Crippen molar-refractivity contribution in [2.24, 2.45) is 0 Å². The second-order valence-electron chi connectivity index (χ2n) is 11.1. The van der Waals surface area contributed by atoms with Crippen molar-refractivity contribution in [3.05, 3.63) is 126 Å². The highest BCUT2D eigenvalue weighted by molar-refractivity contribution is 8.02. The van der Waals surface area contributed by atoms with E-state index in [4.69, 9.17) is 0 Å². The van der Waals surface area contributed by atoms with E-state index < -0.39 is 0 Å². The lowest BCUT2D eigenvalue weighted by Crippen LogP contribution is -2.01. The van der Waals surface area contributed by atoms with E-state index in [1.807, 2.05) is 23.5 Å². The normalized spacial score (nSPS) is 14.9. The topological polar surface area (TPSA) is 0 Å². The number of thioether (sulfide) groups is 4. The van der Waals surface area contributed by atoms with Crippen molar-refractivity contribution in [1.29, 1.82) is 0 Å². The summed E-state index contributed by atoms with van der Waals surface area (Å²) in [5.74, 6) is 0.335. The Bertz CT molecular complexity index is 2070. The molecule has 1 unspecified atom stereocenters. The van der Waals surface area contributed by atoms with Crippen LogP contribution in [0.25, 0.3) is 54.6 Å². The molecule has 0 amide bonds. The van der Waals surface area contributed by atoms with Gasteiger partial charge in [-0.15, -0.1) is 47.0 Å². The highest BCUT2D eigenvalue weighted by atomic mass is 32.2. The van der Waals surface area contributed by atoms with E-state index in [1.165, 1.54) is 79.7 Å². The zero-order chi connectivity index (χ0) is 30.2. The Kier molecular flexibility index (Phi) is 8.61. The van der Waals surface area contributed by atoms with Gasteiger partial charge in [0.05, 0.1) is 0 Å². The van der Waals surface area contributed by atoms with Gasteiger partial charge in [-0.1, -0.05) is 72.8 Å². The molecule has 0 saturated carbocycles.